The molecule has 1 N–H and O–H groups in total. The summed E-state index contributed by atoms with van der Waals surface area (Å²) in [5.41, 5.74) is 3.14. The predicted molar refractivity (Wildman–Crippen MR) is 101 cm³/mol. The monoisotopic (exact) mass is 373 g/mol. The Bertz CT molecular complexity index is 696. The lowest BCUT2D eigenvalue weighted by atomic mass is 9.86. The molecule has 27 heavy (non-hydrogen) atoms. The van der Waals surface area contributed by atoms with Crippen LogP contribution in [0, 0.1) is 5.92 Å². The van der Waals surface area contributed by atoms with E-state index in [0.29, 0.717) is 29.1 Å². The molecule has 1 heterocycles. The molecule has 0 atom stereocenters. The Kier molecular flexibility index (Phi) is 7.61. The topological polar surface area (TPSA) is 73.9 Å². The van der Waals surface area contributed by atoms with Gasteiger partial charge in [0.15, 0.2) is 0 Å². The van der Waals surface area contributed by atoms with Crippen LogP contribution >= 0.6 is 0 Å². The third-order valence-corrected chi connectivity index (χ3v) is 4.27. The van der Waals surface area contributed by atoms with Gasteiger partial charge in [-0.25, -0.2) is 9.59 Å². The van der Waals surface area contributed by atoms with Crippen molar-refractivity contribution in [3.63, 3.8) is 0 Å². The highest BCUT2D eigenvalue weighted by Crippen LogP contribution is 2.32. The van der Waals surface area contributed by atoms with Crippen molar-refractivity contribution in [1.29, 1.82) is 0 Å². The number of dihydropyridines is 1. The van der Waals surface area contributed by atoms with Crippen LogP contribution in [-0.4, -0.2) is 31.8 Å². The Morgan fingerprint density at radius 3 is 1.93 bits per heavy atom. The van der Waals surface area contributed by atoms with Gasteiger partial charge >= 0.3 is 11.9 Å². The van der Waals surface area contributed by atoms with Gasteiger partial charge in [-0.3, -0.25) is 0 Å². The van der Waals surface area contributed by atoms with Gasteiger partial charge < -0.3 is 19.5 Å². The van der Waals surface area contributed by atoms with Gasteiger partial charge in [-0.1, -0.05) is 30.3 Å². The van der Waals surface area contributed by atoms with Crippen molar-refractivity contribution in [2.24, 2.45) is 5.92 Å². The lowest BCUT2D eigenvalue weighted by Crippen LogP contribution is -2.35. The van der Waals surface area contributed by atoms with E-state index >= 15 is 0 Å². The Balaban J connectivity index is 2.27. The zero-order valence-corrected chi connectivity index (χ0v) is 16.3. The number of allylic oxidation sites excluding steroid dienone is 2. The molecule has 0 bridgehead atoms. The first kappa shape index (κ1) is 20.7. The molecule has 0 spiro atoms. The Hall–Kier alpha value is -2.60. The summed E-state index contributed by atoms with van der Waals surface area (Å²) in [5.74, 6) is -1.46. The zero-order chi connectivity index (χ0) is 19.8. The van der Waals surface area contributed by atoms with Gasteiger partial charge in [0.25, 0.3) is 0 Å². The van der Waals surface area contributed by atoms with Crippen molar-refractivity contribution >= 4 is 11.9 Å². The summed E-state index contributed by atoms with van der Waals surface area (Å²) in [6.07, 6.45) is 0. The lowest BCUT2D eigenvalue weighted by molar-refractivity contribution is -0.140. The van der Waals surface area contributed by atoms with Crippen LogP contribution in [-0.2, 0) is 30.4 Å². The molecule has 0 aromatic heterocycles. The first-order chi connectivity index (χ1) is 13.0. The van der Waals surface area contributed by atoms with Gasteiger partial charge in [-0.05, 0) is 33.3 Å². The largest absolute Gasteiger partial charge is 0.463 e. The molecular formula is C21H27NO5. The average Bonchev–Trinajstić information content (AvgIpc) is 2.62. The molecule has 1 aliphatic rings. The van der Waals surface area contributed by atoms with Crippen LogP contribution in [0.5, 0.6) is 0 Å². The van der Waals surface area contributed by atoms with Gasteiger partial charge in [0.05, 0.1) is 43.5 Å². The fourth-order valence-corrected chi connectivity index (χ4v) is 3.13. The number of rotatable bonds is 8. The highest BCUT2D eigenvalue weighted by atomic mass is 16.5. The van der Waals surface area contributed by atoms with Crippen LogP contribution in [0.2, 0.25) is 0 Å². The minimum atomic E-state index is -0.548. The van der Waals surface area contributed by atoms with Crippen molar-refractivity contribution in [3.05, 3.63) is 58.4 Å². The summed E-state index contributed by atoms with van der Waals surface area (Å²) in [6.45, 7) is 8.15. The number of carbonyl (C=O) groups excluding carboxylic acids is 2. The van der Waals surface area contributed by atoms with Crippen LogP contribution in [0.4, 0.5) is 0 Å². The van der Waals surface area contributed by atoms with Crippen molar-refractivity contribution in [3.8, 4) is 0 Å². The predicted octanol–water partition coefficient (Wildman–Crippen LogP) is 3.10. The summed E-state index contributed by atoms with van der Waals surface area (Å²) in [7, 11) is 0. The smallest absolute Gasteiger partial charge is 0.336 e. The third kappa shape index (κ3) is 5.20. The van der Waals surface area contributed by atoms with Gasteiger partial charge in [0.2, 0.25) is 0 Å². The molecule has 1 aromatic rings. The summed E-state index contributed by atoms with van der Waals surface area (Å²) >= 11 is 0. The second kappa shape index (κ2) is 9.92. The first-order valence-corrected chi connectivity index (χ1v) is 9.14. The Labute approximate surface area is 160 Å². The molecule has 1 aliphatic heterocycles. The van der Waals surface area contributed by atoms with Gasteiger partial charge in [0.1, 0.15) is 0 Å². The van der Waals surface area contributed by atoms with Crippen molar-refractivity contribution < 1.29 is 23.8 Å². The molecule has 2 rings (SSSR count). The fraction of sp³-hybridized carbons (Fsp3) is 0.429. The number of carbonyl (C=O) groups is 2. The van der Waals surface area contributed by atoms with E-state index in [9.17, 15) is 9.59 Å². The minimum absolute atomic E-state index is 0.174. The molecule has 0 aliphatic carbocycles. The van der Waals surface area contributed by atoms with Gasteiger partial charge in [-0.15, -0.1) is 0 Å². The summed E-state index contributed by atoms with van der Waals surface area (Å²) in [6, 6.07) is 9.73. The quantitative estimate of drug-likeness (QED) is 0.706. The van der Waals surface area contributed by atoms with Crippen molar-refractivity contribution in [1.82, 2.24) is 5.32 Å². The number of ether oxygens (including phenoxy) is 3. The highest BCUT2D eigenvalue weighted by Gasteiger charge is 2.36. The number of hydrogen-bond acceptors (Lipinski definition) is 6. The molecule has 146 valence electrons. The third-order valence-electron chi connectivity index (χ3n) is 4.27. The molecule has 6 nitrogen and oxygen atoms in total. The first-order valence-electron chi connectivity index (χ1n) is 9.14. The highest BCUT2D eigenvalue weighted by molar-refractivity contribution is 5.97. The molecule has 0 fully saturated rings. The number of benzene rings is 1. The number of esters is 2. The number of nitrogens with one attached hydrogen (secondary N) is 1. The molecule has 0 radical (unpaired) electrons. The minimum Gasteiger partial charge on any atom is -0.463 e. The molecular weight excluding hydrogens is 346 g/mol. The molecule has 0 unspecified atom stereocenters. The normalized spacial score (nSPS) is 14.8. The van der Waals surface area contributed by atoms with Crippen LogP contribution in [0.15, 0.2) is 52.9 Å². The second-order valence-electron chi connectivity index (χ2n) is 6.20. The van der Waals surface area contributed by atoms with Crippen LogP contribution in [0.1, 0.15) is 33.3 Å². The van der Waals surface area contributed by atoms with E-state index in [0.717, 1.165) is 5.56 Å². The van der Waals surface area contributed by atoms with Crippen LogP contribution in [0.25, 0.3) is 0 Å². The maximum Gasteiger partial charge on any atom is 0.336 e. The molecule has 1 aromatic carbocycles. The van der Waals surface area contributed by atoms with Gasteiger partial charge in [-0.2, -0.15) is 0 Å². The van der Waals surface area contributed by atoms with Crippen molar-refractivity contribution in [2.75, 3.05) is 19.8 Å². The van der Waals surface area contributed by atoms with E-state index in [1.165, 1.54) is 0 Å². The lowest BCUT2D eigenvalue weighted by Gasteiger charge is -2.30. The van der Waals surface area contributed by atoms with E-state index in [4.69, 9.17) is 14.2 Å². The summed E-state index contributed by atoms with van der Waals surface area (Å²) < 4.78 is 16.3. The SMILES string of the molecule is CCOC(=O)C1=C(C)NC(C)=C(C(=O)OCC)C1COCc1ccccc1. The zero-order valence-electron chi connectivity index (χ0n) is 16.3. The fourth-order valence-electron chi connectivity index (χ4n) is 3.13. The Morgan fingerprint density at radius 1 is 0.926 bits per heavy atom. The van der Waals surface area contributed by atoms with E-state index in [1.54, 1.807) is 27.7 Å². The second-order valence-corrected chi connectivity index (χ2v) is 6.20. The maximum absolute atomic E-state index is 12.5. The molecule has 6 heteroatoms. The molecule has 0 saturated carbocycles. The van der Waals surface area contributed by atoms with E-state index in [1.807, 2.05) is 30.3 Å². The summed E-state index contributed by atoms with van der Waals surface area (Å²) in [5, 5.41) is 3.10. The standard InChI is InChI=1S/C21H27NO5/c1-5-26-20(23)18-14(3)22-15(4)19(21(24)27-6-2)17(18)13-25-12-16-10-8-7-9-11-16/h7-11,17,22H,5-6,12-13H2,1-4H3. The van der Waals surface area contributed by atoms with Gasteiger partial charge in [0, 0.05) is 11.4 Å². The van der Waals surface area contributed by atoms with Crippen molar-refractivity contribution in [2.45, 2.75) is 34.3 Å². The number of hydrogen-bond donors (Lipinski definition) is 1. The molecule has 0 amide bonds. The Morgan fingerprint density at radius 2 is 1.44 bits per heavy atom. The summed E-state index contributed by atoms with van der Waals surface area (Å²) in [4.78, 5) is 25.1. The molecule has 0 saturated heterocycles. The van der Waals surface area contributed by atoms with E-state index in [-0.39, 0.29) is 19.8 Å². The maximum atomic E-state index is 12.5. The van der Waals surface area contributed by atoms with Crippen LogP contribution < -0.4 is 5.32 Å². The van der Waals surface area contributed by atoms with E-state index in [2.05, 4.69) is 5.32 Å². The van der Waals surface area contributed by atoms with E-state index < -0.39 is 17.9 Å². The average molecular weight is 373 g/mol. The van der Waals surface area contributed by atoms with Crippen LogP contribution in [0.3, 0.4) is 0 Å².